The number of fused-ring (bicyclic) bond motifs is 2. The summed E-state index contributed by atoms with van der Waals surface area (Å²) in [6.45, 7) is 10.5. The number of carbonyl (C=O) groups is 2. The van der Waals surface area contributed by atoms with Gasteiger partial charge < -0.3 is 49.2 Å². The van der Waals surface area contributed by atoms with Crippen molar-refractivity contribution in [3.05, 3.63) is 101 Å². The van der Waals surface area contributed by atoms with E-state index >= 15 is 0 Å². The molecule has 1 aliphatic heterocycles. The largest absolute Gasteiger partial charge is 0.459 e. The van der Waals surface area contributed by atoms with Crippen molar-refractivity contribution in [1.82, 2.24) is 10.2 Å². The lowest BCUT2D eigenvalue weighted by Crippen LogP contribution is -2.70. The van der Waals surface area contributed by atoms with Crippen LogP contribution in [-0.2, 0) is 25.7 Å². The molecule has 2 amide bonds. The summed E-state index contributed by atoms with van der Waals surface area (Å²) in [5.74, 6) is -2.05. The van der Waals surface area contributed by atoms with Crippen LogP contribution in [0.2, 0.25) is 0 Å². The molecule has 1 fully saturated rings. The van der Waals surface area contributed by atoms with Crippen molar-refractivity contribution in [1.29, 1.82) is 0 Å². The molecule has 0 bridgehead atoms. The number of nitrogens with zero attached hydrogens (tertiary/aromatic N) is 3. The lowest BCUT2D eigenvalue weighted by Gasteiger charge is -2.59. The van der Waals surface area contributed by atoms with E-state index in [1.165, 1.54) is 57.1 Å². The zero-order valence-electron chi connectivity index (χ0n) is 43.1. The molecule has 0 spiro atoms. The Morgan fingerprint density at radius 3 is 2.27 bits per heavy atom. The molecule has 4 N–H and O–H groups in total. The van der Waals surface area contributed by atoms with Crippen LogP contribution in [0.4, 0.5) is 15.3 Å². The van der Waals surface area contributed by atoms with Crippen LogP contribution >= 0.6 is 0 Å². The molecule has 2 aromatic rings. The van der Waals surface area contributed by atoms with Crippen LogP contribution in [0.25, 0.3) is 0 Å². The molecule has 6 atom stereocenters. The molecule has 0 saturated heterocycles. The number of oxime groups is 1. The number of aliphatic hydroxyl groups excluding tert-OH is 3. The van der Waals surface area contributed by atoms with Gasteiger partial charge in [0.2, 0.25) is 5.79 Å². The number of allylic oxidation sites excluding steroid dienone is 1. The number of hydrogen-bond acceptors (Lipinski definition) is 14. The van der Waals surface area contributed by atoms with E-state index in [1.807, 2.05) is 6.07 Å². The highest BCUT2D eigenvalue weighted by atomic mass is 16.7. The lowest BCUT2D eigenvalue weighted by molar-refractivity contribution is -0.384. The second kappa shape index (κ2) is 32.1. The third-order valence-corrected chi connectivity index (χ3v) is 14.1. The fourth-order valence-electron chi connectivity index (χ4n) is 10.6. The number of unbranched alkanes of at least 4 members (excludes halogenated alkanes) is 11. The molecule has 3 aliphatic rings. The Morgan fingerprint density at radius 2 is 1.60 bits per heavy atom. The quantitative estimate of drug-likeness (QED) is 0.0216. The highest BCUT2D eigenvalue weighted by Gasteiger charge is 2.65. The molecule has 73 heavy (non-hydrogen) atoms. The van der Waals surface area contributed by atoms with Gasteiger partial charge in [-0.05, 0) is 91.8 Å². The molecular weight excluding hydrogens is 937 g/mol. The van der Waals surface area contributed by atoms with Crippen molar-refractivity contribution in [2.24, 2.45) is 22.9 Å². The monoisotopic (exact) mass is 1020 g/mol. The first kappa shape index (κ1) is 58.6. The SMILES string of the molecule is C=CCCOC(=O)N(CCOCCO)[C@H]1CC(=NOCc2ccc([N+](=O)[O-])cc2)C2=C[C@H](CCCCO)[C@@H](CCCCO)[C@@H]3c4cc(OC(=O)NCCCCCCCCCCCC)ccc4O[C@@]1(OCC=C)[C@H]23. The highest BCUT2D eigenvalue weighted by molar-refractivity contribution is 6.03. The van der Waals surface area contributed by atoms with E-state index in [1.54, 1.807) is 41.3 Å². The number of non-ortho nitro benzene ring substituents is 1. The molecule has 5 rings (SSSR count). The van der Waals surface area contributed by atoms with Gasteiger partial charge in [0.1, 0.15) is 24.1 Å². The van der Waals surface area contributed by atoms with Crippen LogP contribution in [0, 0.1) is 27.9 Å². The van der Waals surface area contributed by atoms with Crippen molar-refractivity contribution in [2.45, 2.75) is 147 Å². The van der Waals surface area contributed by atoms with Gasteiger partial charge in [-0.1, -0.05) is 101 Å². The molecule has 0 radical (unpaired) electrons. The molecule has 0 unspecified atom stereocenters. The molecule has 404 valence electrons. The number of nitro groups is 1. The third-order valence-electron chi connectivity index (χ3n) is 14.1. The van der Waals surface area contributed by atoms with Crippen LogP contribution in [-0.4, -0.2) is 114 Å². The minimum absolute atomic E-state index is 0.0149. The number of benzene rings is 2. The van der Waals surface area contributed by atoms with Crippen LogP contribution in [0.3, 0.4) is 0 Å². The van der Waals surface area contributed by atoms with Gasteiger partial charge in [0.15, 0.2) is 0 Å². The predicted molar refractivity (Wildman–Crippen MR) is 279 cm³/mol. The second-order valence-electron chi connectivity index (χ2n) is 19.2. The third kappa shape index (κ3) is 17.1. The predicted octanol–water partition coefficient (Wildman–Crippen LogP) is 10.5. The number of hydrogen-bond donors (Lipinski definition) is 4. The maximum atomic E-state index is 14.5. The van der Waals surface area contributed by atoms with E-state index in [9.17, 15) is 35.0 Å². The van der Waals surface area contributed by atoms with Gasteiger partial charge >= 0.3 is 12.2 Å². The number of aliphatic hydroxyl groups is 3. The summed E-state index contributed by atoms with van der Waals surface area (Å²) in [6.07, 6.45) is 20.6. The van der Waals surface area contributed by atoms with E-state index in [2.05, 4.69) is 31.5 Å². The Balaban J connectivity index is 1.59. The first-order valence-corrected chi connectivity index (χ1v) is 26.8. The fourth-order valence-corrected chi connectivity index (χ4v) is 10.6. The average Bonchev–Trinajstić information content (AvgIpc) is 3.39. The molecule has 0 aromatic heterocycles. The molecule has 1 heterocycles. The number of carbonyl (C=O) groups excluding carboxylic acids is 2. The first-order chi connectivity index (χ1) is 35.7. The number of nitro benzene ring substituents is 1. The molecule has 17 nitrogen and oxygen atoms in total. The van der Waals surface area contributed by atoms with Crippen LogP contribution < -0.4 is 14.8 Å². The van der Waals surface area contributed by atoms with Crippen LogP contribution in [0.1, 0.15) is 140 Å². The summed E-state index contributed by atoms with van der Waals surface area (Å²) >= 11 is 0. The summed E-state index contributed by atoms with van der Waals surface area (Å²) in [5, 5.41) is 48.8. The van der Waals surface area contributed by atoms with Crippen molar-refractivity contribution in [2.75, 3.05) is 59.3 Å². The first-order valence-electron chi connectivity index (χ1n) is 26.8. The topological polar surface area (TPSA) is 221 Å². The smallest absolute Gasteiger partial charge is 0.412 e. The number of nitrogens with one attached hydrogen (secondary N) is 1. The van der Waals surface area contributed by atoms with Gasteiger partial charge in [-0.3, -0.25) is 15.0 Å². The molecule has 2 aromatic carbocycles. The normalized spacial score (nSPS) is 21.2. The van der Waals surface area contributed by atoms with Gasteiger partial charge in [0, 0.05) is 56.3 Å². The van der Waals surface area contributed by atoms with Gasteiger partial charge in [-0.2, -0.15) is 0 Å². The van der Waals surface area contributed by atoms with Gasteiger partial charge in [0.25, 0.3) is 5.69 Å². The van der Waals surface area contributed by atoms with Crippen molar-refractivity contribution >= 4 is 23.6 Å². The molecular formula is C56H82N4O13. The Bertz CT molecular complexity index is 2080. The summed E-state index contributed by atoms with van der Waals surface area (Å²) in [7, 11) is 0. The summed E-state index contributed by atoms with van der Waals surface area (Å²) in [4.78, 5) is 46.5. The van der Waals surface area contributed by atoms with Crippen molar-refractivity contribution < 1.29 is 58.4 Å². The Kier molecular flexibility index (Phi) is 25.7. The Hall–Kier alpha value is -5.33. The minimum Gasteiger partial charge on any atom is -0.459 e. The fraction of sp³-hybridized carbons (Fsp3) is 0.625. The zero-order chi connectivity index (χ0) is 52.3. The maximum absolute atomic E-state index is 14.5. The van der Waals surface area contributed by atoms with E-state index in [0.29, 0.717) is 61.4 Å². The van der Waals surface area contributed by atoms with E-state index in [-0.39, 0.29) is 83.3 Å². The molecule has 17 heteroatoms. The summed E-state index contributed by atoms with van der Waals surface area (Å²) in [5.41, 5.74) is 2.67. The van der Waals surface area contributed by atoms with Crippen molar-refractivity contribution in [3.8, 4) is 11.5 Å². The number of rotatable bonds is 36. The lowest BCUT2D eigenvalue weighted by atomic mass is 9.55. The number of ether oxygens (including phenoxy) is 5. The summed E-state index contributed by atoms with van der Waals surface area (Å²) < 4.78 is 32.0. The maximum Gasteiger partial charge on any atom is 0.412 e. The van der Waals surface area contributed by atoms with E-state index in [0.717, 1.165) is 43.2 Å². The van der Waals surface area contributed by atoms with Gasteiger partial charge in [-0.25, -0.2) is 9.59 Å². The van der Waals surface area contributed by atoms with Gasteiger partial charge in [0.05, 0.1) is 49.6 Å². The van der Waals surface area contributed by atoms with Gasteiger partial charge in [-0.15, -0.1) is 13.2 Å². The highest BCUT2D eigenvalue weighted by Crippen LogP contribution is 2.62. The minimum atomic E-state index is -1.61. The molecule has 2 aliphatic carbocycles. The van der Waals surface area contributed by atoms with E-state index < -0.39 is 40.8 Å². The Labute approximate surface area is 432 Å². The second-order valence-corrected chi connectivity index (χ2v) is 19.2. The van der Waals surface area contributed by atoms with Crippen molar-refractivity contribution in [3.63, 3.8) is 0 Å². The van der Waals surface area contributed by atoms with Crippen LogP contribution in [0.5, 0.6) is 11.5 Å². The van der Waals surface area contributed by atoms with Crippen LogP contribution in [0.15, 0.2) is 84.6 Å². The standard InChI is InChI=1S/C56H82N4O13/c1-4-7-9-10-11-12-13-14-15-18-29-57-54(64)72-45-27-28-50-48(39-45)52-46(22-17-20-32-62)43(21-16-19-31-61)38-47-49(58-71-41-42-23-25-44(26-24-42)60(66)67)40-51(56(73-50,53(47)52)70-34-6-3)59(30-36-68-37-33-63)55(65)69-35-8-5-2/h5-6,23-28,38-39,43,46,51-53,61-63H,2-4,7-22,29-37,40-41H2,1H3,(H,57,64)/t43-,46+,51-,52+,53+,56+/m0/s1. The Morgan fingerprint density at radius 1 is 0.890 bits per heavy atom. The zero-order valence-corrected chi connectivity index (χ0v) is 43.1. The summed E-state index contributed by atoms with van der Waals surface area (Å²) in [6, 6.07) is 10.4. The average molecular weight is 1020 g/mol. The molecule has 1 saturated carbocycles. The van der Waals surface area contributed by atoms with E-state index in [4.69, 9.17) is 33.7 Å². The number of amides is 2.